The average molecular weight is 463 g/mol. The molecule has 1 aliphatic heterocycles. The van der Waals surface area contributed by atoms with Crippen molar-refractivity contribution in [2.75, 3.05) is 38.5 Å². The number of carbonyl (C=O) groups is 1. The van der Waals surface area contributed by atoms with Gasteiger partial charge in [0.05, 0.1) is 25.7 Å². The van der Waals surface area contributed by atoms with Crippen molar-refractivity contribution in [2.45, 2.75) is 4.90 Å². The van der Waals surface area contributed by atoms with Crippen molar-refractivity contribution in [1.82, 2.24) is 9.21 Å². The summed E-state index contributed by atoms with van der Waals surface area (Å²) in [5, 5.41) is 3.37. The van der Waals surface area contributed by atoms with Crippen LogP contribution in [-0.2, 0) is 10.0 Å². The molecule has 2 aromatic carbocycles. The normalized spacial score (nSPS) is 16.1. The maximum absolute atomic E-state index is 12.9. The van der Waals surface area contributed by atoms with Gasteiger partial charge in [-0.25, -0.2) is 8.42 Å². The van der Waals surface area contributed by atoms with E-state index in [4.69, 9.17) is 34.8 Å². The number of amides is 1. The van der Waals surface area contributed by atoms with Crippen LogP contribution in [0.3, 0.4) is 0 Å². The van der Waals surface area contributed by atoms with Crippen LogP contribution < -0.4 is 5.32 Å². The molecule has 28 heavy (non-hydrogen) atoms. The molecule has 0 radical (unpaired) electrons. The average Bonchev–Trinajstić information content (AvgIpc) is 2.66. The van der Waals surface area contributed by atoms with Crippen LogP contribution in [0.4, 0.5) is 5.69 Å². The molecule has 1 fully saturated rings. The van der Waals surface area contributed by atoms with Crippen molar-refractivity contribution in [1.29, 1.82) is 0 Å². The van der Waals surface area contributed by atoms with Gasteiger partial charge in [0.15, 0.2) is 0 Å². The van der Waals surface area contributed by atoms with E-state index in [-0.39, 0.29) is 31.2 Å². The molecule has 0 aromatic heterocycles. The van der Waals surface area contributed by atoms with E-state index in [1.54, 1.807) is 0 Å². The van der Waals surface area contributed by atoms with Gasteiger partial charge in [0.1, 0.15) is 0 Å². The maximum atomic E-state index is 12.9. The zero-order chi connectivity index (χ0) is 20.5. The molecule has 0 saturated carbocycles. The van der Waals surface area contributed by atoms with Crippen molar-refractivity contribution >= 4 is 56.4 Å². The fraction of sp³-hybridized carbons (Fsp3) is 0.278. The van der Waals surface area contributed by atoms with Crippen molar-refractivity contribution in [2.24, 2.45) is 0 Å². The van der Waals surface area contributed by atoms with Gasteiger partial charge in [-0.05, 0) is 37.4 Å². The fourth-order valence-corrected chi connectivity index (χ4v) is 4.85. The first-order valence-electron chi connectivity index (χ1n) is 8.43. The molecule has 1 aliphatic rings. The van der Waals surface area contributed by atoms with E-state index < -0.39 is 15.9 Å². The molecule has 10 heteroatoms. The van der Waals surface area contributed by atoms with Crippen LogP contribution in [0.15, 0.2) is 41.3 Å². The number of halogens is 3. The molecule has 1 saturated heterocycles. The number of carbonyl (C=O) groups excluding carboxylic acids is 1. The second-order valence-electron chi connectivity index (χ2n) is 6.44. The molecule has 6 nitrogen and oxygen atoms in total. The van der Waals surface area contributed by atoms with Crippen LogP contribution in [0.1, 0.15) is 10.4 Å². The maximum Gasteiger partial charge on any atom is 0.255 e. The zero-order valence-electron chi connectivity index (χ0n) is 15.0. The number of nitrogens with one attached hydrogen (secondary N) is 1. The third-order valence-electron chi connectivity index (χ3n) is 4.45. The van der Waals surface area contributed by atoms with Gasteiger partial charge in [-0.1, -0.05) is 40.9 Å². The molecule has 0 spiro atoms. The van der Waals surface area contributed by atoms with Crippen LogP contribution in [0.5, 0.6) is 0 Å². The second-order valence-corrected chi connectivity index (χ2v) is 9.60. The molecule has 1 heterocycles. The number of benzene rings is 2. The molecular weight excluding hydrogens is 445 g/mol. The third-order valence-corrected chi connectivity index (χ3v) is 7.38. The van der Waals surface area contributed by atoms with Gasteiger partial charge in [-0.2, -0.15) is 4.31 Å². The van der Waals surface area contributed by atoms with Gasteiger partial charge in [0, 0.05) is 31.7 Å². The Morgan fingerprint density at radius 1 is 0.964 bits per heavy atom. The molecule has 0 bridgehead atoms. The molecule has 2 aromatic rings. The van der Waals surface area contributed by atoms with E-state index in [0.717, 1.165) is 0 Å². The molecule has 0 unspecified atom stereocenters. The van der Waals surface area contributed by atoms with Gasteiger partial charge in [0.2, 0.25) is 10.0 Å². The first-order valence-corrected chi connectivity index (χ1v) is 11.0. The van der Waals surface area contributed by atoms with Crippen molar-refractivity contribution in [3.8, 4) is 0 Å². The van der Waals surface area contributed by atoms with Crippen molar-refractivity contribution in [3.63, 3.8) is 0 Å². The van der Waals surface area contributed by atoms with Crippen molar-refractivity contribution < 1.29 is 13.2 Å². The minimum absolute atomic E-state index is 0.0740. The number of anilines is 1. The molecule has 150 valence electrons. The summed E-state index contributed by atoms with van der Waals surface area (Å²) in [4.78, 5) is 14.7. The first-order chi connectivity index (χ1) is 13.2. The molecule has 0 aliphatic carbocycles. The summed E-state index contributed by atoms with van der Waals surface area (Å²) in [6, 6.07) is 8.77. The highest BCUT2D eigenvalue weighted by molar-refractivity contribution is 7.89. The Balaban J connectivity index is 1.83. The lowest BCUT2D eigenvalue weighted by atomic mass is 10.2. The molecule has 1 N–H and O–H groups in total. The predicted molar refractivity (Wildman–Crippen MR) is 112 cm³/mol. The van der Waals surface area contributed by atoms with Crippen molar-refractivity contribution in [3.05, 3.63) is 57.0 Å². The SMILES string of the molecule is CN1CCN(S(=O)(=O)c2cccc(C(=O)Nc3cc(Cl)c(Cl)cc3Cl)c2)CC1. The fourth-order valence-electron chi connectivity index (χ4n) is 2.79. The second kappa shape index (κ2) is 8.57. The number of hydrogen-bond donors (Lipinski definition) is 1. The Kier molecular flexibility index (Phi) is 6.54. The molecule has 0 atom stereocenters. The molecular formula is C18H18Cl3N3O3S. The van der Waals surface area contributed by atoms with Gasteiger partial charge in [0.25, 0.3) is 5.91 Å². The monoisotopic (exact) mass is 461 g/mol. The highest BCUT2D eigenvalue weighted by atomic mass is 35.5. The van der Waals surface area contributed by atoms with E-state index in [9.17, 15) is 13.2 Å². The summed E-state index contributed by atoms with van der Waals surface area (Å²) in [6.07, 6.45) is 0. The van der Waals surface area contributed by atoms with Gasteiger partial charge >= 0.3 is 0 Å². The Labute approximate surface area is 179 Å². The van der Waals surface area contributed by atoms with E-state index in [1.807, 2.05) is 7.05 Å². The van der Waals surface area contributed by atoms with Crippen LogP contribution in [0.25, 0.3) is 0 Å². The zero-order valence-corrected chi connectivity index (χ0v) is 18.0. The number of likely N-dealkylation sites (N-methyl/N-ethyl adjacent to an activating group) is 1. The van der Waals surface area contributed by atoms with E-state index in [0.29, 0.717) is 26.2 Å². The largest absolute Gasteiger partial charge is 0.321 e. The van der Waals surface area contributed by atoms with Gasteiger partial charge in [-0.15, -0.1) is 0 Å². The van der Waals surface area contributed by atoms with Crippen LogP contribution in [0, 0.1) is 0 Å². The van der Waals surface area contributed by atoms with Crippen LogP contribution in [0.2, 0.25) is 15.1 Å². The minimum Gasteiger partial charge on any atom is -0.321 e. The predicted octanol–water partition coefficient (Wildman–Crippen LogP) is 3.84. The van der Waals surface area contributed by atoms with Crippen LogP contribution in [-0.4, -0.2) is 56.8 Å². The lowest BCUT2D eigenvalue weighted by molar-refractivity contribution is 0.102. The number of nitrogens with zero attached hydrogens (tertiary/aromatic N) is 2. The Morgan fingerprint density at radius 2 is 1.61 bits per heavy atom. The lowest BCUT2D eigenvalue weighted by Gasteiger charge is -2.31. The number of hydrogen-bond acceptors (Lipinski definition) is 4. The van der Waals surface area contributed by atoms with Crippen LogP contribution >= 0.6 is 34.8 Å². The highest BCUT2D eigenvalue weighted by Gasteiger charge is 2.28. The third kappa shape index (κ3) is 4.62. The summed E-state index contributed by atoms with van der Waals surface area (Å²) < 4.78 is 27.2. The van der Waals surface area contributed by atoms with E-state index in [2.05, 4.69) is 10.2 Å². The summed E-state index contributed by atoms with van der Waals surface area (Å²) in [5.74, 6) is -0.504. The summed E-state index contributed by atoms with van der Waals surface area (Å²) in [6.45, 7) is 2.15. The Morgan fingerprint density at radius 3 is 2.29 bits per heavy atom. The standard InChI is InChI=1S/C18H18Cl3N3O3S/c1-23-5-7-24(8-6-23)28(26,27)13-4-2-3-12(9-13)18(25)22-17-11-15(20)14(19)10-16(17)21/h2-4,9-11H,5-8H2,1H3,(H,22,25). The molecule has 1 amide bonds. The van der Waals surface area contributed by atoms with Gasteiger partial charge < -0.3 is 10.2 Å². The minimum atomic E-state index is -3.67. The number of rotatable bonds is 4. The van der Waals surface area contributed by atoms with Gasteiger partial charge in [-0.3, -0.25) is 4.79 Å². The van der Waals surface area contributed by atoms with E-state index in [1.165, 1.54) is 40.7 Å². The lowest BCUT2D eigenvalue weighted by Crippen LogP contribution is -2.47. The number of piperazine rings is 1. The first kappa shape index (κ1) is 21.4. The summed E-state index contributed by atoms with van der Waals surface area (Å²) in [5.41, 5.74) is 0.478. The molecule has 3 rings (SSSR count). The highest BCUT2D eigenvalue weighted by Crippen LogP contribution is 2.32. The topological polar surface area (TPSA) is 69.7 Å². The van der Waals surface area contributed by atoms with E-state index >= 15 is 0 Å². The summed E-state index contributed by atoms with van der Waals surface area (Å²) >= 11 is 17.9. The smallest absolute Gasteiger partial charge is 0.255 e. The Bertz CT molecular complexity index is 1010. The number of sulfonamides is 1. The summed E-state index contributed by atoms with van der Waals surface area (Å²) in [7, 11) is -1.73. The quantitative estimate of drug-likeness (QED) is 0.701. The Hall–Kier alpha value is -1.35.